The second-order valence-corrected chi connectivity index (χ2v) is 10.5. The molecule has 2 unspecified atom stereocenters. The quantitative estimate of drug-likeness (QED) is 0.441. The molecule has 1 rings (SSSR count). The van der Waals surface area contributed by atoms with Crippen LogP contribution in [-0.2, 0) is 14.3 Å². The van der Waals surface area contributed by atoms with Crippen LogP contribution in [0.25, 0.3) is 0 Å². The van der Waals surface area contributed by atoms with Crippen LogP contribution in [0, 0.1) is 18.3 Å². The minimum absolute atomic E-state index is 0.118. The maximum Gasteiger partial charge on any atom is 0.408 e. The normalized spacial score (nSPS) is 13.1. The number of hydrogen-bond acceptors (Lipinski definition) is 4. The van der Waals surface area contributed by atoms with Crippen LogP contribution < -0.4 is 10.6 Å². The van der Waals surface area contributed by atoms with Crippen LogP contribution in [0.5, 0.6) is 0 Å². The van der Waals surface area contributed by atoms with Crippen LogP contribution in [0.1, 0.15) is 91.8 Å². The van der Waals surface area contributed by atoms with Crippen LogP contribution in [0.3, 0.4) is 0 Å². The van der Waals surface area contributed by atoms with E-state index in [0.29, 0.717) is 30.5 Å². The van der Waals surface area contributed by atoms with Crippen LogP contribution in [0.15, 0.2) is 24.3 Å². The lowest BCUT2D eigenvalue weighted by molar-refractivity contribution is -0.143. The first-order chi connectivity index (χ1) is 16.3. The van der Waals surface area contributed by atoms with Crippen molar-refractivity contribution in [2.45, 2.75) is 98.4 Å². The van der Waals surface area contributed by atoms with Crippen LogP contribution in [0.4, 0.5) is 4.79 Å². The van der Waals surface area contributed by atoms with E-state index in [-0.39, 0.29) is 23.8 Å². The van der Waals surface area contributed by atoms with Gasteiger partial charge in [-0.05, 0) is 65.0 Å². The fourth-order valence-electron chi connectivity index (χ4n) is 3.72. The van der Waals surface area contributed by atoms with Gasteiger partial charge >= 0.3 is 6.09 Å². The molecule has 0 spiro atoms. The molecule has 3 amide bonds. The van der Waals surface area contributed by atoms with Gasteiger partial charge in [0, 0.05) is 18.2 Å². The van der Waals surface area contributed by atoms with Gasteiger partial charge in [0.2, 0.25) is 11.8 Å². The van der Waals surface area contributed by atoms with E-state index in [9.17, 15) is 14.4 Å². The molecule has 7 heteroatoms. The number of hydrogen-bond donors (Lipinski definition) is 2. The maximum atomic E-state index is 14.0. The van der Waals surface area contributed by atoms with Gasteiger partial charge in [0.1, 0.15) is 17.7 Å². The summed E-state index contributed by atoms with van der Waals surface area (Å²) in [5.74, 6) is 2.11. The van der Waals surface area contributed by atoms with E-state index in [0.717, 1.165) is 6.42 Å². The number of unbranched alkanes of at least 4 members (excludes halogenated alkanes) is 1. The monoisotopic (exact) mass is 485 g/mol. The van der Waals surface area contributed by atoms with Gasteiger partial charge < -0.3 is 20.3 Å². The van der Waals surface area contributed by atoms with Gasteiger partial charge in [0.05, 0.1) is 0 Å². The summed E-state index contributed by atoms with van der Waals surface area (Å²) in [7, 11) is 0. The molecule has 0 aromatic heterocycles. The zero-order valence-corrected chi connectivity index (χ0v) is 22.6. The van der Waals surface area contributed by atoms with Gasteiger partial charge in [-0.2, -0.15) is 0 Å². The Balaban J connectivity index is 3.54. The fraction of sp³-hybridized carbons (Fsp3) is 0.607. The van der Waals surface area contributed by atoms with Crippen LogP contribution in [-0.4, -0.2) is 47.0 Å². The molecule has 0 aliphatic heterocycles. The third-order valence-corrected chi connectivity index (χ3v) is 5.13. The summed E-state index contributed by atoms with van der Waals surface area (Å²) in [6.45, 7) is 15.3. The molecule has 0 heterocycles. The Kier molecular flexibility index (Phi) is 11.8. The number of benzene rings is 1. The van der Waals surface area contributed by atoms with Crippen molar-refractivity contribution >= 4 is 17.9 Å². The lowest BCUT2D eigenvalue weighted by atomic mass is 9.95. The third kappa shape index (κ3) is 10.0. The topological polar surface area (TPSA) is 87.7 Å². The Hall–Kier alpha value is -3.01. The lowest BCUT2D eigenvalue weighted by Gasteiger charge is -2.35. The van der Waals surface area contributed by atoms with Gasteiger partial charge in [-0.15, -0.1) is 6.42 Å². The lowest BCUT2D eigenvalue weighted by Crippen LogP contribution is -2.54. The minimum atomic E-state index is -0.932. The van der Waals surface area contributed by atoms with E-state index in [1.165, 1.54) is 0 Å². The highest BCUT2D eigenvalue weighted by molar-refractivity contribution is 5.92. The first-order valence-electron chi connectivity index (χ1n) is 12.5. The maximum absolute atomic E-state index is 14.0. The molecular formula is C28H43N3O4. The van der Waals surface area contributed by atoms with E-state index in [1.54, 1.807) is 49.9 Å². The van der Waals surface area contributed by atoms with E-state index in [4.69, 9.17) is 11.2 Å². The molecule has 0 radical (unpaired) electrons. The highest BCUT2D eigenvalue weighted by Crippen LogP contribution is 2.27. The summed E-state index contributed by atoms with van der Waals surface area (Å²) in [4.78, 5) is 41.7. The zero-order valence-electron chi connectivity index (χ0n) is 22.6. The molecule has 1 aromatic rings. The zero-order chi connectivity index (χ0) is 26.8. The van der Waals surface area contributed by atoms with Gasteiger partial charge in [-0.25, -0.2) is 4.79 Å². The van der Waals surface area contributed by atoms with Crippen molar-refractivity contribution in [1.82, 2.24) is 15.5 Å². The number of nitrogens with zero attached hydrogens (tertiary/aromatic N) is 1. The molecule has 35 heavy (non-hydrogen) atoms. The Labute approximate surface area is 211 Å². The Bertz CT molecular complexity index is 896. The van der Waals surface area contributed by atoms with Crippen molar-refractivity contribution in [3.8, 4) is 12.3 Å². The standard InChI is InChI=1S/C28H43N3O4/c1-10-12-17-31(26(33)23(18-19(3)4)30-27(34)35-28(7,8)9)24(25(32)29-20(5)6)22-16-14-13-15-21(22)11-2/h2,13-16,19-20,23-24H,10,12,17-18H2,1,3-9H3,(H,29,32)(H,30,34). The van der Waals surface area contributed by atoms with Gasteiger partial charge in [0.25, 0.3) is 0 Å². The summed E-state index contributed by atoms with van der Waals surface area (Å²) < 4.78 is 5.42. The third-order valence-electron chi connectivity index (χ3n) is 5.13. The summed E-state index contributed by atoms with van der Waals surface area (Å²) in [6.07, 6.45) is 7.01. The van der Waals surface area contributed by atoms with Crippen molar-refractivity contribution in [3.05, 3.63) is 35.4 Å². The number of nitrogens with one attached hydrogen (secondary N) is 2. The molecule has 194 valence electrons. The summed E-state index contributed by atoms with van der Waals surface area (Å²) in [5.41, 5.74) is 0.424. The van der Waals surface area contributed by atoms with E-state index >= 15 is 0 Å². The molecule has 2 atom stereocenters. The molecule has 0 saturated carbocycles. The van der Waals surface area contributed by atoms with Crippen LogP contribution in [0.2, 0.25) is 0 Å². The summed E-state index contributed by atoms with van der Waals surface area (Å²) in [6, 6.07) is 5.24. The molecule has 0 aliphatic carbocycles. The van der Waals surface area contributed by atoms with Gasteiger partial charge in [0.15, 0.2) is 0 Å². The highest BCUT2D eigenvalue weighted by Gasteiger charge is 2.37. The van der Waals surface area contributed by atoms with Crippen molar-refractivity contribution in [2.75, 3.05) is 6.54 Å². The number of rotatable bonds is 11. The Morgan fingerprint density at radius 2 is 1.71 bits per heavy atom. The van der Waals surface area contributed by atoms with E-state index < -0.39 is 23.8 Å². The Morgan fingerprint density at radius 3 is 2.23 bits per heavy atom. The second kappa shape index (κ2) is 13.8. The minimum Gasteiger partial charge on any atom is -0.444 e. The van der Waals surface area contributed by atoms with Gasteiger partial charge in [-0.1, -0.05) is 51.3 Å². The fourth-order valence-corrected chi connectivity index (χ4v) is 3.72. The van der Waals surface area contributed by atoms with E-state index in [1.807, 2.05) is 34.6 Å². The SMILES string of the molecule is C#Cc1ccccc1C(C(=O)NC(C)C)N(CCCC)C(=O)C(CC(C)C)NC(=O)OC(C)(C)C. The van der Waals surface area contributed by atoms with Gasteiger partial charge in [-0.3, -0.25) is 9.59 Å². The molecule has 0 aliphatic rings. The van der Waals surface area contributed by atoms with Crippen molar-refractivity contribution < 1.29 is 19.1 Å². The molecular weight excluding hydrogens is 442 g/mol. The van der Waals surface area contributed by atoms with Crippen LogP contribution >= 0.6 is 0 Å². The molecule has 0 saturated heterocycles. The van der Waals surface area contributed by atoms with Crippen molar-refractivity contribution in [3.63, 3.8) is 0 Å². The number of ether oxygens (including phenoxy) is 1. The predicted molar refractivity (Wildman–Crippen MR) is 140 cm³/mol. The number of terminal acetylenes is 1. The molecule has 2 N–H and O–H groups in total. The van der Waals surface area contributed by atoms with Crippen molar-refractivity contribution in [1.29, 1.82) is 0 Å². The summed E-state index contributed by atoms with van der Waals surface area (Å²) >= 11 is 0. The Morgan fingerprint density at radius 1 is 1.09 bits per heavy atom. The number of amides is 3. The second-order valence-electron chi connectivity index (χ2n) is 10.5. The molecule has 0 fully saturated rings. The average Bonchev–Trinajstić information content (AvgIpc) is 2.73. The molecule has 7 nitrogen and oxygen atoms in total. The number of carbonyl (C=O) groups excluding carboxylic acids is 3. The molecule has 0 bridgehead atoms. The van der Waals surface area contributed by atoms with Crippen molar-refractivity contribution in [2.24, 2.45) is 5.92 Å². The summed E-state index contributed by atoms with van der Waals surface area (Å²) in [5, 5.41) is 5.69. The number of carbonyl (C=O) groups is 3. The smallest absolute Gasteiger partial charge is 0.408 e. The predicted octanol–water partition coefficient (Wildman–Crippen LogP) is 4.80. The van der Waals surface area contributed by atoms with E-state index in [2.05, 4.69) is 16.6 Å². The first kappa shape index (κ1) is 30.0. The average molecular weight is 486 g/mol. The number of alkyl carbamates (subject to hydrolysis) is 1. The first-order valence-corrected chi connectivity index (χ1v) is 12.5. The largest absolute Gasteiger partial charge is 0.444 e. The highest BCUT2D eigenvalue weighted by atomic mass is 16.6. The molecule has 1 aromatic carbocycles.